The van der Waals surface area contributed by atoms with Crippen LogP contribution in [0, 0.1) is 6.92 Å². The van der Waals surface area contributed by atoms with E-state index in [0.29, 0.717) is 12.4 Å². The van der Waals surface area contributed by atoms with Gasteiger partial charge in [-0.3, -0.25) is 0 Å². The number of fused-ring (bicyclic) bond motifs is 1. The summed E-state index contributed by atoms with van der Waals surface area (Å²) in [5.74, 6) is 2.43. The van der Waals surface area contributed by atoms with Gasteiger partial charge in [0.15, 0.2) is 5.96 Å². The highest BCUT2D eigenvalue weighted by molar-refractivity contribution is 14.0. The first-order valence-electron chi connectivity index (χ1n) is 10.5. The average molecular weight is 532 g/mol. The van der Waals surface area contributed by atoms with Gasteiger partial charge in [0, 0.05) is 25.1 Å². The molecule has 0 saturated heterocycles. The van der Waals surface area contributed by atoms with E-state index in [1.807, 2.05) is 12.1 Å². The number of benzene rings is 2. The van der Waals surface area contributed by atoms with Crippen LogP contribution in [-0.2, 0) is 19.4 Å². The summed E-state index contributed by atoms with van der Waals surface area (Å²) in [5, 5.41) is 6.69. The van der Waals surface area contributed by atoms with E-state index in [9.17, 15) is 0 Å². The summed E-state index contributed by atoms with van der Waals surface area (Å²) in [6.07, 6.45) is 3.61. The zero-order chi connectivity index (χ0) is 20.8. The van der Waals surface area contributed by atoms with Gasteiger partial charge in [0.1, 0.15) is 17.7 Å². The number of hydrogen-bond donors (Lipinski definition) is 2. The third-order valence-electron chi connectivity index (χ3n) is 5.05. The number of nitrogens with one attached hydrogen (secondary N) is 2. The van der Waals surface area contributed by atoms with Crippen LogP contribution < -0.4 is 15.4 Å². The quantitative estimate of drug-likeness (QED) is 0.267. The highest BCUT2D eigenvalue weighted by Gasteiger charge is 2.12. The maximum Gasteiger partial charge on any atom is 0.226 e. The van der Waals surface area contributed by atoms with E-state index in [0.717, 1.165) is 55.5 Å². The lowest BCUT2D eigenvalue weighted by Gasteiger charge is -2.11. The maximum absolute atomic E-state index is 5.63. The first-order valence-corrected chi connectivity index (χ1v) is 10.5. The van der Waals surface area contributed by atoms with Crippen LogP contribution in [0.1, 0.15) is 29.3 Å². The number of ether oxygens (including phenoxy) is 1. The van der Waals surface area contributed by atoms with Crippen molar-refractivity contribution < 1.29 is 9.15 Å². The molecule has 2 aromatic carbocycles. The highest BCUT2D eigenvalue weighted by atomic mass is 127. The topological polar surface area (TPSA) is 71.7 Å². The van der Waals surface area contributed by atoms with Crippen molar-refractivity contribution in [2.45, 2.75) is 33.2 Å². The van der Waals surface area contributed by atoms with Crippen molar-refractivity contribution in [3.63, 3.8) is 0 Å². The van der Waals surface area contributed by atoms with Crippen LogP contribution in [-0.4, -0.2) is 30.6 Å². The number of aromatic nitrogens is 1. The van der Waals surface area contributed by atoms with Crippen molar-refractivity contribution in [2.75, 3.05) is 19.7 Å². The summed E-state index contributed by atoms with van der Waals surface area (Å²) in [7, 11) is 0. The van der Waals surface area contributed by atoms with E-state index in [1.54, 1.807) is 6.26 Å². The van der Waals surface area contributed by atoms with Crippen LogP contribution in [0.4, 0.5) is 0 Å². The first kappa shape index (κ1) is 23.1. The average Bonchev–Trinajstić information content (AvgIpc) is 3.42. The van der Waals surface area contributed by atoms with Gasteiger partial charge in [-0.05, 0) is 49.6 Å². The van der Waals surface area contributed by atoms with Crippen molar-refractivity contribution in [2.24, 2.45) is 4.99 Å². The molecule has 0 atom stereocenters. The van der Waals surface area contributed by atoms with Gasteiger partial charge in [0.25, 0.3) is 0 Å². The predicted molar refractivity (Wildman–Crippen MR) is 134 cm³/mol. The molecule has 31 heavy (non-hydrogen) atoms. The zero-order valence-electron chi connectivity index (χ0n) is 18.0. The van der Waals surface area contributed by atoms with Crippen molar-refractivity contribution >= 4 is 29.9 Å². The molecule has 0 radical (unpaired) electrons. The third-order valence-corrected chi connectivity index (χ3v) is 5.05. The molecule has 6 nitrogen and oxygen atoms in total. The summed E-state index contributed by atoms with van der Waals surface area (Å²) in [5.41, 5.74) is 5.61. The molecule has 2 heterocycles. The number of oxazole rings is 1. The molecule has 1 aromatic heterocycles. The zero-order valence-corrected chi connectivity index (χ0v) is 20.3. The van der Waals surface area contributed by atoms with Crippen LogP contribution in [0.5, 0.6) is 5.75 Å². The number of guanidine groups is 1. The second-order valence-electron chi connectivity index (χ2n) is 7.42. The molecule has 0 unspecified atom stereocenters. The standard InChI is InChI=1S/C24H28N4O2.HI/c1-3-25-24(26-12-10-18-6-9-22-20(14-18)11-13-29-22)27-15-21-16-30-23(28-21)19-7-4-17(2)5-8-19;/h4-9,14,16H,3,10-13,15H2,1-2H3,(H2,25,26,27);1H. The Bertz CT molecular complexity index is 1010. The van der Waals surface area contributed by atoms with Gasteiger partial charge in [-0.15, -0.1) is 24.0 Å². The number of rotatable bonds is 7. The highest BCUT2D eigenvalue weighted by Crippen LogP contribution is 2.25. The molecule has 1 aliphatic heterocycles. The molecule has 1 aliphatic rings. The Kier molecular flexibility index (Phi) is 8.34. The van der Waals surface area contributed by atoms with Gasteiger partial charge in [0.05, 0.1) is 13.2 Å². The normalized spacial score (nSPS) is 12.6. The molecule has 4 rings (SSSR count). The summed E-state index contributed by atoms with van der Waals surface area (Å²) in [6.45, 7) is 6.98. The third kappa shape index (κ3) is 6.22. The van der Waals surface area contributed by atoms with Gasteiger partial charge < -0.3 is 19.8 Å². The first-order chi connectivity index (χ1) is 14.7. The summed E-state index contributed by atoms with van der Waals surface area (Å²) in [4.78, 5) is 9.21. The van der Waals surface area contributed by atoms with Crippen LogP contribution in [0.2, 0.25) is 0 Å². The Balaban J connectivity index is 0.00000272. The Morgan fingerprint density at radius 2 is 1.97 bits per heavy atom. The lowest BCUT2D eigenvalue weighted by atomic mass is 10.1. The molecular formula is C24H29IN4O2. The van der Waals surface area contributed by atoms with Crippen molar-refractivity contribution in [3.05, 3.63) is 71.1 Å². The fourth-order valence-corrected chi connectivity index (χ4v) is 3.43. The summed E-state index contributed by atoms with van der Waals surface area (Å²) < 4.78 is 11.2. The Hall–Kier alpha value is -2.55. The minimum absolute atomic E-state index is 0. The van der Waals surface area contributed by atoms with Gasteiger partial charge >= 0.3 is 0 Å². The van der Waals surface area contributed by atoms with Crippen molar-refractivity contribution in [1.29, 1.82) is 0 Å². The fourth-order valence-electron chi connectivity index (χ4n) is 3.43. The second kappa shape index (κ2) is 11.2. The SMILES string of the molecule is CCNC(=NCc1coc(-c2ccc(C)cc2)n1)NCCc1ccc2c(c1)CCO2.I. The van der Waals surface area contributed by atoms with Gasteiger partial charge in [0.2, 0.25) is 5.89 Å². The number of aryl methyl sites for hydroxylation is 1. The Morgan fingerprint density at radius 1 is 1.13 bits per heavy atom. The van der Waals surface area contributed by atoms with Crippen LogP contribution in [0.3, 0.4) is 0 Å². The molecular weight excluding hydrogens is 503 g/mol. The van der Waals surface area contributed by atoms with E-state index in [-0.39, 0.29) is 24.0 Å². The molecule has 0 aliphatic carbocycles. The van der Waals surface area contributed by atoms with E-state index in [4.69, 9.17) is 9.15 Å². The smallest absolute Gasteiger partial charge is 0.226 e. The molecule has 0 saturated carbocycles. The van der Waals surface area contributed by atoms with Crippen molar-refractivity contribution in [3.8, 4) is 17.2 Å². The van der Waals surface area contributed by atoms with Crippen LogP contribution in [0.25, 0.3) is 11.5 Å². The lowest BCUT2D eigenvalue weighted by Crippen LogP contribution is -2.38. The van der Waals surface area contributed by atoms with Gasteiger partial charge in [-0.1, -0.05) is 29.8 Å². The molecule has 0 fully saturated rings. The Labute approximate surface area is 200 Å². The minimum atomic E-state index is 0. The van der Waals surface area contributed by atoms with E-state index >= 15 is 0 Å². The molecule has 0 spiro atoms. The van der Waals surface area contributed by atoms with E-state index < -0.39 is 0 Å². The van der Waals surface area contributed by atoms with Crippen LogP contribution >= 0.6 is 24.0 Å². The Morgan fingerprint density at radius 3 is 2.77 bits per heavy atom. The second-order valence-corrected chi connectivity index (χ2v) is 7.42. The molecule has 164 valence electrons. The minimum Gasteiger partial charge on any atom is -0.493 e. The number of nitrogens with zero attached hydrogens (tertiary/aromatic N) is 2. The molecule has 2 N–H and O–H groups in total. The monoisotopic (exact) mass is 532 g/mol. The van der Waals surface area contributed by atoms with E-state index in [2.05, 4.69) is 64.8 Å². The number of halogens is 1. The maximum atomic E-state index is 5.63. The number of aliphatic imine (C=N–C) groups is 1. The molecule has 0 bridgehead atoms. The predicted octanol–water partition coefficient (Wildman–Crippen LogP) is 4.50. The van der Waals surface area contributed by atoms with Gasteiger partial charge in [-0.25, -0.2) is 9.98 Å². The fraction of sp³-hybridized carbons (Fsp3) is 0.333. The molecule has 0 amide bonds. The van der Waals surface area contributed by atoms with Crippen LogP contribution in [0.15, 0.2) is 58.1 Å². The molecule has 3 aromatic rings. The summed E-state index contributed by atoms with van der Waals surface area (Å²) in [6, 6.07) is 14.6. The lowest BCUT2D eigenvalue weighted by molar-refractivity contribution is 0.357. The number of hydrogen-bond acceptors (Lipinski definition) is 4. The largest absolute Gasteiger partial charge is 0.493 e. The van der Waals surface area contributed by atoms with E-state index in [1.165, 1.54) is 16.7 Å². The summed E-state index contributed by atoms with van der Waals surface area (Å²) >= 11 is 0. The van der Waals surface area contributed by atoms with Gasteiger partial charge in [-0.2, -0.15) is 0 Å². The molecule has 7 heteroatoms. The van der Waals surface area contributed by atoms with Crippen molar-refractivity contribution in [1.82, 2.24) is 15.6 Å².